The highest BCUT2D eigenvalue weighted by Gasteiger charge is 2.39. The van der Waals surface area contributed by atoms with Gasteiger partial charge in [-0.15, -0.1) is 0 Å². The second kappa shape index (κ2) is 9.54. The van der Waals surface area contributed by atoms with Crippen LogP contribution in [0.4, 0.5) is 0 Å². The van der Waals surface area contributed by atoms with E-state index in [1.807, 2.05) is 49.4 Å². The Hall–Kier alpha value is -2.87. The molecule has 1 aromatic heterocycles. The number of fused-ring (bicyclic) bond motifs is 1. The van der Waals surface area contributed by atoms with E-state index in [-0.39, 0.29) is 9.93 Å². The normalized spacial score (nSPS) is 13.6. The molecule has 3 aromatic carbocycles. The monoisotopic (exact) mass is 520 g/mol. The summed E-state index contributed by atoms with van der Waals surface area (Å²) in [4.78, 5) is 0.250. The number of aromatic nitrogens is 1. The highest BCUT2D eigenvalue weighted by molar-refractivity contribution is 7.89. The number of hydrogen-bond donors (Lipinski definition) is 1. The third kappa shape index (κ3) is 4.87. The average Bonchev–Trinajstić information content (AvgIpc) is 3.22. The van der Waals surface area contributed by atoms with Gasteiger partial charge in [0.1, 0.15) is 5.75 Å². The van der Waals surface area contributed by atoms with Crippen LogP contribution in [0.3, 0.4) is 0 Å². The number of methoxy groups -OCH3 is 1. The third-order valence-corrected chi connectivity index (χ3v) is 14.2. The van der Waals surface area contributed by atoms with Crippen molar-refractivity contribution in [2.24, 2.45) is 0 Å². The molecule has 4 rings (SSSR count). The van der Waals surface area contributed by atoms with E-state index < -0.39 is 24.3 Å². The minimum atomic E-state index is -3.79. The number of hydrogen-bond acceptors (Lipinski definition) is 3. The fourth-order valence-corrected chi connectivity index (χ4v) is 7.49. The highest BCUT2D eigenvalue weighted by Crippen LogP contribution is 2.41. The van der Waals surface area contributed by atoms with Gasteiger partial charge in [-0.25, -0.2) is 8.42 Å². The highest BCUT2D eigenvalue weighted by atomic mass is 32.2. The predicted octanol–water partition coefficient (Wildman–Crippen LogP) is 6.88. The van der Waals surface area contributed by atoms with Crippen LogP contribution in [0.2, 0.25) is 18.1 Å². The second-order valence-corrected chi connectivity index (χ2v) is 17.7. The van der Waals surface area contributed by atoms with E-state index in [1.54, 1.807) is 19.2 Å². The standard InChI is InChI=1S/C29H36N2O3SSi/c1-21-12-18-24(19-13-21)35(32,33)30-28(22-14-16-23(34-5)17-15-22)26-20-31(36(6,7)29(2,3)4)27-11-9-8-10-25(26)27/h8-20,28,30H,1-7H3. The number of nitrogens with one attached hydrogen (secondary N) is 1. The Morgan fingerprint density at radius 1 is 0.917 bits per heavy atom. The summed E-state index contributed by atoms with van der Waals surface area (Å²) in [7, 11) is -4.16. The molecular formula is C29H36N2O3SSi. The molecule has 0 fully saturated rings. The molecule has 0 bridgehead atoms. The van der Waals surface area contributed by atoms with E-state index in [0.717, 1.165) is 33.3 Å². The van der Waals surface area contributed by atoms with Crippen molar-refractivity contribution in [3.8, 4) is 5.75 Å². The van der Waals surface area contributed by atoms with Gasteiger partial charge < -0.3 is 8.97 Å². The summed E-state index contributed by atoms with van der Waals surface area (Å²) in [6, 6.07) is 22.3. The molecule has 0 aliphatic rings. The molecule has 1 unspecified atom stereocenters. The fourth-order valence-electron chi connectivity index (χ4n) is 4.31. The van der Waals surface area contributed by atoms with Gasteiger partial charge in [0.05, 0.1) is 18.0 Å². The van der Waals surface area contributed by atoms with Crippen LogP contribution in [-0.4, -0.2) is 28.0 Å². The van der Waals surface area contributed by atoms with Gasteiger partial charge in [-0.3, -0.25) is 0 Å². The van der Waals surface area contributed by atoms with Crippen LogP contribution in [0, 0.1) is 6.92 Å². The van der Waals surface area contributed by atoms with E-state index in [4.69, 9.17) is 4.74 Å². The first-order chi connectivity index (χ1) is 16.8. The molecule has 0 aliphatic heterocycles. The average molecular weight is 521 g/mol. The molecule has 0 saturated carbocycles. The summed E-state index contributed by atoms with van der Waals surface area (Å²) in [5.74, 6) is 0.725. The van der Waals surface area contributed by atoms with Crippen molar-refractivity contribution in [2.45, 2.75) is 56.8 Å². The van der Waals surface area contributed by atoms with Crippen molar-refractivity contribution in [2.75, 3.05) is 7.11 Å². The van der Waals surface area contributed by atoms with Crippen LogP contribution in [0.1, 0.15) is 43.5 Å². The van der Waals surface area contributed by atoms with Crippen molar-refractivity contribution >= 4 is 29.2 Å². The van der Waals surface area contributed by atoms with Gasteiger partial charge in [-0.05, 0) is 53.4 Å². The minimum Gasteiger partial charge on any atom is -0.497 e. The predicted molar refractivity (Wildman–Crippen MR) is 151 cm³/mol. The van der Waals surface area contributed by atoms with Gasteiger partial charge in [0.25, 0.3) is 0 Å². The lowest BCUT2D eigenvalue weighted by Gasteiger charge is -2.38. The summed E-state index contributed by atoms with van der Waals surface area (Å²) >= 11 is 0. The van der Waals surface area contributed by atoms with Crippen LogP contribution >= 0.6 is 0 Å². The number of aryl methyl sites for hydroxylation is 1. The lowest BCUT2D eigenvalue weighted by molar-refractivity contribution is 0.414. The second-order valence-electron chi connectivity index (χ2n) is 10.9. The van der Waals surface area contributed by atoms with Gasteiger partial charge in [0.15, 0.2) is 8.24 Å². The first kappa shape index (κ1) is 26.2. The maximum absolute atomic E-state index is 13.6. The number of nitrogens with zero attached hydrogens (tertiary/aromatic N) is 1. The maximum Gasteiger partial charge on any atom is 0.241 e. The zero-order chi connectivity index (χ0) is 26.3. The molecule has 36 heavy (non-hydrogen) atoms. The largest absolute Gasteiger partial charge is 0.497 e. The van der Waals surface area contributed by atoms with Crippen LogP contribution in [0.25, 0.3) is 10.9 Å². The van der Waals surface area contributed by atoms with E-state index in [1.165, 1.54) is 0 Å². The van der Waals surface area contributed by atoms with Crippen LogP contribution in [0.5, 0.6) is 5.75 Å². The summed E-state index contributed by atoms with van der Waals surface area (Å²) in [5, 5.41) is 1.15. The molecular weight excluding hydrogens is 484 g/mol. The molecule has 1 atom stereocenters. The van der Waals surface area contributed by atoms with Crippen molar-refractivity contribution in [3.63, 3.8) is 0 Å². The number of para-hydroxylation sites is 1. The Labute approximate surface area is 216 Å². The van der Waals surface area contributed by atoms with E-state index >= 15 is 0 Å². The minimum absolute atomic E-state index is 0.100. The van der Waals surface area contributed by atoms with Crippen molar-refractivity contribution < 1.29 is 13.2 Å². The fraction of sp³-hybridized carbons (Fsp3) is 0.310. The summed E-state index contributed by atoms with van der Waals surface area (Å²) in [5.41, 5.74) is 3.94. The molecule has 5 nitrogen and oxygen atoms in total. The zero-order valence-electron chi connectivity index (χ0n) is 22.2. The number of sulfonamides is 1. The Morgan fingerprint density at radius 3 is 2.11 bits per heavy atom. The lowest BCUT2D eigenvalue weighted by atomic mass is 9.99. The van der Waals surface area contributed by atoms with Crippen LogP contribution in [-0.2, 0) is 10.0 Å². The molecule has 0 amide bonds. The van der Waals surface area contributed by atoms with E-state index in [9.17, 15) is 8.42 Å². The van der Waals surface area contributed by atoms with Gasteiger partial charge in [0, 0.05) is 17.1 Å². The summed E-state index contributed by atoms with van der Waals surface area (Å²) < 4.78 is 38.0. The lowest BCUT2D eigenvalue weighted by Crippen LogP contribution is -2.45. The summed E-state index contributed by atoms with van der Waals surface area (Å²) in [6.07, 6.45) is 2.18. The van der Waals surface area contributed by atoms with Gasteiger partial charge in [-0.2, -0.15) is 4.72 Å². The van der Waals surface area contributed by atoms with Crippen molar-refractivity contribution in [3.05, 3.63) is 95.7 Å². The van der Waals surface area contributed by atoms with Crippen LogP contribution < -0.4 is 9.46 Å². The maximum atomic E-state index is 13.6. The molecule has 0 aliphatic carbocycles. The Kier molecular flexibility index (Phi) is 6.94. The first-order valence-electron chi connectivity index (χ1n) is 12.2. The van der Waals surface area contributed by atoms with E-state index in [2.05, 4.69) is 67.2 Å². The molecule has 7 heteroatoms. The van der Waals surface area contributed by atoms with Gasteiger partial charge in [-0.1, -0.05) is 81.9 Å². The Balaban J connectivity index is 1.93. The molecule has 0 spiro atoms. The molecule has 1 N–H and O–H groups in total. The van der Waals surface area contributed by atoms with Crippen molar-refractivity contribution in [1.29, 1.82) is 0 Å². The smallest absolute Gasteiger partial charge is 0.241 e. The Morgan fingerprint density at radius 2 is 1.53 bits per heavy atom. The topological polar surface area (TPSA) is 60.3 Å². The summed E-state index contributed by atoms with van der Waals surface area (Å²) in [6.45, 7) is 13.5. The van der Waals surface area contributed by atoms with Gasteiger partial charge >= 0.3 is 0 Å². The Bertz CT molecular complexity index is 1470. The number of ether oxygens (including phenoxy) is 1. The molecule has 4 aromatic rings. The zero-order valence-corrected chi connectivity index (χ0v) is 24.0. The van der Waals surface area contributed by atoms with Crippen molar-refractivity contribution in [1.82, 2.24) is 8.95 Å². The molecule has 1 heterocycles. The molecule has 190 valence electrons. The van der Waals surface area contributed by atoms with E-state index in [0.29, 0.717) is 0 Å². The first-order valence-corrected chi connectivity index (χ1v) is 16.6. The SMILES string of the molecule is COc1ccc(C(NS(=O)(=O)c2ccc(C)cc2)c2cn([Si](C)(C)C(C)(C)C)c3ccccc23)cc1. The van der Waals surface area contributed by atoms with Gasteiger partial charge in [0.2, 0.25) is 10.0 Å². The quantitative estimate of drug-likeness (QED) is 0.270. The number of benzene rings is 3. The molecule has 0 saturated heterocycles. The third-order valence-electron chi connectivity index (χ3n) is 7.54. The van der Waals surface area contributed by atoms with Crippen LogP contribution in [0.15, 0.2) is 83.9 Å². The number of rotatable bonds is 7. The molecule has 0 radical (unpaired) electrons.